The molecule has 1 aromatic carbocycles. The molecule has 1 aliphatic rings. The zero-order chi connectivity index (χ0) is 18.5. The van der Waals surface area contributed by atoms with Crippen LogP contribution in [0.3, 0.4) is 0 Å². The Kier molecular flexibility index (Phi) is 5.40. The van der Waals surface area contributed by atoms with Crippen LogP contribution in [0.1, 0.15) is 10.4 Å². The van der Waals surface area contributed by atoms with Crippen LogP contribution in [0.15, 0.2) is 66.7 Å². The molecule has 8 heteroatoms. The zero-order valence-corrected chi connectivity index (χ0v) is 15.0. The van der Waals surface area contributed by atoms with Crippen molar-refractivity contribution in [3.8, 4) is 10.4 Å². The summed E-state index contributed by atoms with van der Waals surface area (Å²) in [6.07, 6.45) is 8.73. The molecular weight excluding hydrogens is 372 g/mol. The smallest absolute Gasteiger partial charge is 0.317 e. The number of carbonyl (C=O) groups excluding carboxylic acids is 2. The molecule has 0 radical (unpaired) electrons. The lowest BCUT2D eigenvalue weighted by Crippen LogP contribution is -2.25. The molecule has 1 aliphatic heterocycles. The molecule has 5 N–H and O–H groups in total. The maximum Gasteiger partial charge on any atom is 0.317 e. The SMILES string of the molecule is NC(=O)Nc1sc(-c2cccc(Cl)c2)cc1C(=O)NC1=CNC=CC=C1. The Labute approximate surface area is 159 Å². The topological polar surface area (TPSA) is 96.2 Å². The zero-order valence-electron chi connectivity index (χ0n) is 13.5. The number of anilines is 1. The highest BCUT2D eigenvalue weighted by atomic mass is 35.5. The molecule has 3 amide bonds. The second-order valence-corrected chi connectivity index (χ2v) is 6.78. The highest BCUT2D eigenvalue weighted by molar-refractivity contribution is 7.20. The normalized spacial score (nSPS) is 12.7. The van der Waals surface area contributed by atoms with Gasteiger partial charge in [-0.25, -0.2) is 4.79 Å². The van der Waals surface area contributed by atoms with Gasteiger partial charge in [0.15, 0.2) is 0 Å². The van der Waals surface area contributed by atoms with Crippen molar-refractivity contribution in [1.82, 2.24) is 10.6 Å². The summed E-state index contributed by atoms with van der Waals surface area (Å²) in [6, 6.07) is 8.20. The largest absolute Gasteiger partial charge is 0.366 e. The lowest BCUT2D eigenvalue weighted by atomic mass is 10.1. The molecule has 0 unspecified atom stereocenters. The minimum atomic E-state index is -0.738. The molecule has 3 rings (SSSR count). The van der Waals surface area contributed by atoms with Gasteiger partial charge >= 0.3 is 6.03 Å². The Bertz CT molecular complexity index is 946. The summed E-state index contributed by atoms with van der Waals surface area (Å²) in [6.45, 7) is 0. The highest BCUT2D eigenvalue weighted by Gasteiger charge is 2.19. The molecule has 2 aromatic rings. The quantitative estimate of drug-likeness (QED) is 0.643. The van der Waals surface area contributed by atoms with E-state index in [4.69, 9.17) is 17.3 Å². The summed E-state index contributed by atoms with van der Waals surface area (Å²) in [5.74, 6) is -0.363. The first kappa shape index (κ1) is 17.8. The number of benzene rings is 1. The number of rotatable bonds is 4. The van der Waals surface area contributed by atoms with Crippen LogP contribution >= 0.6 is 22.9 Å². The average Bonchev–Trinajstić information content (AvgIpc) is 2.83. The number of thiophene rings is 1. The van der Waals surface area contributed by atoms with E-state index in [0.717, 1.165) is 10.4 Å². The van der Waals surface area contributed by atoms with E-state index in [1.165, 1.54) is 11.3 Å². The lowest BCUT2D eigenvalue weighted by molar-refractivity contribution is 0.0968. The third kappa shape index (κ3) is 4.33. The number of carbonyl (C=O) groups is 2. The molecule has 0 atom stereocenters. The number of urea groups is 1. The van der Waals surface area contributed by atoms with Gasteiger partial charge in [-0.1, -0.05) is 29.8 Å². The summed E-state index contributed by atoms with van der Waals surface area (Å²) < 4.78 is 0. The summed E-state index contributed by atoms with van der Waals surface area (Å²) in [7, 11) is 0. The van der Waals surface area contributed by atoms with E-state index in [2.05, 4.69) is 16.0 Å². The lowest BCUT2D eigenvalue weighted by Gasteiger charge is -2.06. The van der Waals surface area contributed by atoms with E-state index in [9.17, 15) is 9.59 Å². The van der Waals surface area contributed by atoms with E-state index in [-0.39, 0.29) is 5.91 Å². The molecule has 6 nitrogen and oxygen atoms in total. The number of hydrogen-bond acceptors (Lipinski definition) is 4. The molecular formula is C18H15ClN4O2S. The van der Waals surface area contributed by atoms with Crippen molar-refractivity contribution < 1.29 is 9.59 Å². The fourth-order valence-electron chi connectivity index (χ4n) is 2.28. The van der Waals surface area contributed by atoms with E-state index < -0.39 is 6.03 Å². The monoisotopic (exact) mass is 386 g/mol. The van der Waals surface area contributed by atoms with Crippen molar-refractivity contribution in [3.63, 3.8) is 0 Å². The van der Waals surface area contributed by atoms with Gasteiger partial charge in [-0.2, -0.15) is 0 Å². The first-order valence-electron chi connectivity index (χ1n) is 7.60. The summed E-state index contributed by atoms with van der Waals surface area (Å²) >= 11 is 7.29. The third-order valence-corrected chi connectivity index (χ3v) is 4.73. The van der Waals surface area contributed by atoms with Crippen molar-refractivity contribution in [2.24, 2.45) is 5.73 Å². The molecule has 1 aromatic heterocycles. The molecule has 0 aliphatic carbocycles. The van der Waals surface area contributed by atoms with Gasteiger partial charge in [-0.05, 0) is 35.9 Å². The predicted octanol–water partition coefficient (Wildman–Crippen LogP) is 3.80. The standard InChI is InChI=1S/C18H15ClN4O2S/c19-12-5-3-4-11(8-12)15-9-14(17(26-15)23-18(20)25)16(24)22-13-6-1-2-7-21-10-13/h1-10,21H,(H,22,24)(H3,20,23,25). The number of halogens is 1. The maximum absolute atomic E-state index is 12.7. The summed E-state index contributed by atoms with van der Waals surface area (Å²) in [5.41, 5.74) is 6.97. The van der Waals surface area contributed by atoms with Crippen LogP contribution in [0.5, 0.6) is 0 Å². The Morgan fingerprint density at radius 1 is 1.15 bits per heavy atom. The van der Waals surface area contributed by atoms with Crippen LogP contribution < -0.4 is 21.7 Å². The van der Waals surface area contributed by atoms with E-state index >= 15 is 0 Å². The van der Waals surface area contributed by atoms with Crippen LogP contribution in [0, 0.1) is 0 Å². The minimum absolute atomic E-state index is 0.315. The van der Waals surface area contributed by atoms with Gasteiger partial charge in [0.1, 0.15) is 5.00 Å². The van der Waals surface area contributed by atoms with Crippen LogP contribution in [-0.2, 0) is 0 Å². The number of nitrogens with one attached hydrogen (secondary N) is 3. The third-order valence-electron chi connectivity index (χ3n) is 3.40. The maximum atomic E-state index is 12.7. The second kappa shape index (κ2) is 7.90. The Balaban J connectivity index is 1.92. The van der Waals surface area contributed by atoms with Gasteiger partial charge in [-0.3, -0.25) is 10.1 Å². The molecule has 0 spiro atoms. The number of amides is 3. The number of allylic oxidation sites excluding steroid dienone is 3. The molecule has 132 valence electrons. The van der Waals surface area contributed by atoms with Crippen LogP contribution in [0.4, 0.5) is 9.80 Å². The molecule has 0 saturated heterocycles. The number of primary amides is 1. The average molecular weight is 387 g/mol. The fraction of sp³-hybridized carbons (Fsp3) is 0. The minimum Gasteiger partial charge on any atom is -0.366 e. The molecule has 26 heavy (non-hydrogen) atoms. The Morgan fingerprint density at radius 3 is 2.77 bits per heavy atom. The Hall–Kier alpha value is -3.03. The number of nitrogens with two attached hydrogens (primary N) is 1. The molecule has 0 bridgehead atoms. The van der Waals surface area contributed by atoms with Crippen molar-refractivity contribution in [2.45, 2.75) is 0 Å². The second-order valence-electron chi connectivity index (χ2n) is 5.29. The van der Waals surface area contributed by atoms with Gasteiger partial charge in [0.25, 0.3) is 5.91 Å². The van der Waals surface area contributed by atoms with E-state index in [0.29, 0.717) is 21.3 Å². The van der Waals surface area contributed by atoms with Gasteiger partial charge < -0.3 is 16.4 Å². The Morgan fingerprint density at radius 2 is 2.00 bits per heavy atom. The first-order chi connectivity index (χ1) is 12.5. The van der Waals surface area contributed by atoms with Crippen molar-refractivity contribution in [3.05, 3.63) is 77.2 Å². The van der Waals surface area contributed by atoms with Crippen LogP contribution in [0.25, 0.3) is 10.4 Å². The highest BCUT2D eigenvalue weighted by Crippen LogP contribution is 2.36. The van der Waals surface area contributed by atoms with Crippen LogP contribution in [-0.4, -0.2) is 11.9 Å². The summed E-state index contributed by atoms with van der Waals surface area (Å²) in [4.78, 5) is 24.8. The summed E-state index contributed by atoms with van der Waals surface area (Å²) in [5, 5.41) is 9.16. The van der Waals surface area contributed by atoms with E-state index in [1.807, 2.05) is 12.1 Å². The van der Waals surface area contributed by atoms with Crippen molar-refractivity contribution in [1.29, 1.82) is 0 Å². The fourth-order valence-corrected chi connectivity index (χ4v) is 3.53. The first-order valence-corrected chi connectivity index (χ1v) is 8.79. The van der Waals surface area contributed by atoms with Gasteiger partial charge in [0.05, 0.1) is 11.3 Å². The van der Waals surface area contributed by atoms with Crippen molar-refractivity contribution in [2.75, 3.05) is 5.32 Å². The number of hydrogen-bond donors (Lipinski definition) is 4. The predicted molar refractivity (Wildman–Crippen MR) is 105 cm³/mol. The van der Waals surface area contributed by atoms with Gasteiger partial charge in [-0.15, -0.1) is 11.3 Å². The molecule has 0 fully saturated rings. The van der Waals surface area contributed by atoms with E-state index in [1.54, 1.807) is 48.8 Å². The van der Waals surface area contributed by atoms with Crippen LogP contribution in [0.2, 0.25) is 5.02 Å². The van der Waals surface area contributed by atoms with Crippen molar-refractivity contribution >= 4 is 39.9 Å². The van der Waals surface area contributed by atoms with Gasteiger partial charge in [0.2, 0.25) is 0 Å². The van der Waals surface area contributed by atoms with Gasteiger partial charge in [0, 0.05) is 22.3 Å². The molecule has 2 heterocycles. The molecule has 0 saturated carbocycles.